The maximum atomic E-state index is 10.6. The quantitative estimate of drug-likeness (QED) is 0.770. The van der Waals surface area contributed by atoms with Crippen molar-refractivity contribution in [3.05, 3.63) is 48.7 Å². The first-order chi connectivity index (χ1) is 8.86. The molecule has 18 heavy (non-hydrogen) atoms. The Balaban J connectivity index is 1.76. The van der Waals surface area contributed by atoms with Crippen LogP contribution in [0.2, 0.25) is 0 Å². The van der Waals surface area contributed by atoms with Crippen LogP contribution in [0.1, 0.15) is 0 Å². The van der Waals surface area contributed by atoms with Crippen LogP contribution in [0.4, 0.5) is 5.69 Å². The average molecular weight is 238 g/mol. The Morgan fingerprint density at radius 1 is 1.11 bits per heavy atom. The van der Waals surface area contributed by atoms with Crippen LogP contribution in [-0.4, -0.2) is 24.4 Å². The Hall–Kier alpha value is -2.16. The van der Waals surface area contributed by atoms with Gasteiger partial charge in [0.1, 0.15) is 6.29 Å². The molecule has 1 aromatic carbocycles. The van der Waals surface area contributed by atoms with Crippen molar-refractivity contribution in [3.8, 4) is 11.3 Å². The van der Waals surface area contributed by atoms with E-state index in [9.17, 15) is 4.79 Å². The summed E-state index contributed by atoms with van der Waals surface area (Å²) in [4.78, 5) is 17.1. The predicted molar refractivity (Wildman–Crippen MR) is 71.4 cm³/mol. The van der Waals surface area contributed by atoms with Gasteiger partial charge < -0.3 is 9.69 Å². The second-order valence-electron chi connectivity index (χ2n) is 4.56. The van der Waals surface area contributed by atoms with Gasteiger partial charge in [0.25, 0.3) is 0 Å². The van der Waals surface area contributed by atoms with Crippen LogP contribution < -0.4 is 4.90 Å². The Labute approximate surface area is 106 Å². The number of hydrogen-bond donors (Lipinski definition) is 0. The SMILES string of the molecule is O=CC1CN(c2ccc(-c3ccccn3)cc2)C1. The summed E-state index contributed by atoms with van der Waals surface area (Å²) in [6, 6.07) is 14.2. The number of anilines is 1. The van der Waals surface area contributed by atoms with E-state index in [4.69, 9.17) is 0 Å². The van der Waals surface area contributed by atoms with Crippen molar-refractivity contribution < 1.29 is 4.79 Å². The van der Waals surface area contributed by atoms with Crippen LogP contribution in [0.3, 0.4) is 0 Å². The molecule has 2 heterocycles. The smallest absolute Gasteiger partial charge is 0.126 e. The van der Waals surface area contributed by atoms with Crippen LogP contribution in [0, 0.1) is 5.92 Å². The number of hydrogen-bond acceptors (Lipinski definition) is 3. The molecular formula is C15H14N2O. The van der Waals surface area contributed by atoms with Crippen molar-refractivity contribution in [2.24, 2.45) is 5.92 Å². The van der Waals surface area contributed by atoms with Crippen molar-refractivity contribution in [3.63, 3.8) is 0 Å². The lowest BCUT2D eigenvalue weighted by molar-refractivity contribution is -0.111. The molecule has 90 valence electrons. The molecular weight excluding hydrogens is 224 g/mol. The molecule has 3 heteroatoms. The highest BCUT2D eigenvalue weighted by Gasteiger charge is 2.25. The highest BCUT2D eigenvalue weighted by Crippen LogP contribution is 2.26. The van der Waals surface area contributed by atoms with Gasteiger partial charge in [-0.3, -0.25) is 4.98 Å². The molecule has 0 aliphatic carbocycles. The molecule has 1 saturated heterocycles. The lowest BCUT2D eigenvalue weighted by Crippen LogP contribution is -2.47. The molecule has 0 unspecified atom stereocenters. The third kappa shape index (κ3) is 1.99. The zero-order chi connectivity index (χ0) is 12.4. The summed E-state index contributed by atoms with van der Waals surface area (Å²) in [6.45, 7) is 1.68. The van der Waals surface area contributed by atoms with Gasteiger partial charge in [0.15, 0.2) is 0 Å². The van der Waals surface area contributed by atoms with E-state index in [1.54, 1.807) is 6.20 Å². The summed E-state index contributed by atoms with van der Waals surface area (Å²) >= 11 is 0. The Morgan fingerprint density at radius 3 is 2.50 bits per heavy atom. The number of aldehydes is 1. The predicted octanol–water partition coefficient (Wildman–Crippen LogP) is 2.38. The summed E-state index contributed by atoms with van der Waals surface area (Å²) < 4.78 is 0. The minimum Gasteiger partial charge on any atom is -0.370 e. The second-order valence-corrected chi connectivity index (χ2v) is 4.56. The van der Waals surface area contributed by atoms with E-state index in [0.717, 1.165) is 30.6 Å². The highest BCUT2D eigenvalue weighted by molar-refractivity contribution is 5.66. The van der Waals surface area contributed by atoms with Crippen LogP contribution >= 0.6 is 0 Å². The lowest BCUT2D eigenvalue weighted by atomic mass is 10.0. The van der Waals surface area contributed by atoms with E-state index < -0.39 is 0 Å². The van der Waals surface area contributed by atoms with Crippen LogP contribution in [0.5, 0.6) is 0 Å². The van der Waals surface area contributed by atoms with Crippen molar-refractivity contribution in [2.45, 2.75) is 0 Å². The molecule has 0 bridgehead atoms. The molecule has 1 aromatic heterocycles. The lowest BCUT2D eigenvalue weighted by Gasteiger charge is -2.38. The van der Waals surface area contributed by atoms with Gasteiger partial charge in [-0.15, -0.1) is 0 Å². The van der Waals surface area contributed by atoms with Crippen molar-refractivity contribution >= 4 is 12.0 Å². The molecule has 0 atom stereocenters. The maximum Gasteiger partial charge on any atom is 0.126 e. The van der Waals surface area contributed by atoms with Gasteiger partial charge in [-0.1, -0.05) is 18.2 Å². The van der Waals surface area contributed by atoms with E-state index in [2.05, 4.69) is 34.1 Å². The molecule has 0 spiro atoms. The van der Waals surface area contributed by atoms with Crippen molar-refractivity contribution in [1.82, 2.24) is 4.98 Å². The Morgan fingerprint density at radius 2 is 1.89 bits per heavy atom. The van der Waals surface area contributed by atoms with Gasteiger partial charge in [0.05, 0.1) is 5.69 Å². The molecule has 0 radical (unpaired) electrons. The molecule has 1 aliphatic rings. The Kier molecular flexibility index (Phi) is 2.81. The molecule has 3 nitrogen and oxygen atoms in total. The molecule has 0 N–H and O–H groups in total. The fourth-order valence-corrected chi connectivity index (χ4v) is 2.19. The highest BCUT2D eigenvalue weighted by atomic mass is 16.1. The summed E-state index contributed by atoms with van der Waals surface area (Å²) in [7, 11) is 0. The summed E-state index contributed by atoms with van der Waals surface area (Å²) in [5, 5.41) is 0. The number of aromatic nitrogens is 1. The minimum atomic E-state index is 0.209. The fraction of sp³-hybridized carbons (Fsp3) is 0.200. The number of nitrogens with zero attached hydrogens (tertiary/aromatic N) is 2. The number of pyridine rings is 1. The third-order valence-corrected chi connectivity index (χ3v) is 3.30. The summed E-state index contributed by atoms with van der Waals surface area (Å²) in [6.07, 6.45) is 2.84. The normalized spacial score (nSPS) is 15.2. The molecule has 3 rings (SSSR count). The van der Waals surface area contributed by atoms with Gasteiger partial charge in [0, 0.05) is 36.5 Å². The molecule has 1 aliphatic heterocycles. The first kappa shape index (κ1) is 11.0. The number of benzene rings is 1. The largest absolute Gasteiger partial charge is 0.370 e. The van der Waals surface area contributed by atoms with E-state index in [1.807, 2.05) is 18.2 Å². The topological polar surface area (TPSA) is 33.2 Å². The molecule has 0 amide bonds. The minimum absolute atomic E-state index is 0.209. The number of carbonyl (C=O) groups excluding carboxylic acids is 1. The van der Waals surface area contributed by atoms with Crippen LogP contribution in [0.25, 0.3) is 11.3 Å². The zero-order valence-corrected chi connectivity index (χ0v) is 9.99. The Bertz CT molecular complexity index is 530. The van der Waals surface area contributed by atoms with Gasteiger partial charge in [-0.05, 0) is 24.3 Å². The van der Waals surface area contributed by atoms with Gasteiger partial charge in [-0.25, -0.2) is 0 Å². The van der Waals surface area contributed by atoms with Crippen molar-refractivity contribution in [2.75, 3.05) is 18.0 Å². The van der Waals surface area contributed by atoms with Gasteiger partial charge in [-0.2, -0.15) is 0 Å². The van der Waals surface area contributed by atoms with Gasteiger partial charge >= 0.3 is 0 Å². The summed E-state index contributed by atoms with van der Waals surface area (Å²) in [5.74, 6) is 0.209. The molecule has 2 aromatic rings. The van der Waals surface area contributed by atoms with Crippen molar-refractivity contribution in [1.29, 1.82) is 0 Å². The maximum absolute atomic E-state index is 10.6. The van der Waals surface area contributed by atoms with Crippen LogP contribution in [0.15, 0.2) is 48.7 Å². The third-order valence-electron chi connectivity index (χ3n) is 3.30. The van der Waals surface area contributed by atoms with E-state index >= 15 is 0 Å². The van der Waals surface area contributed by atoms with E-state index in [-0.39, 0.29) is 5.92 Å². The van der Waals surface area contributed by atoms with E-state index in [0.29, 0.717) is 0 Å². The number of carbonyl (C=O) groups is 1. The zero-order valence-electron chi connectivity index (χ0n) is 9.99. The average Bonchev–Trinajstić information content (AvgIpc) is 2.39. The monoisotopic (exact) mass is 238 g/mol. The standard InChI is InChI=1S/C15H14N2O/c18-11-12-9-17(10-12)14-6-4-13(5-7-14)15-3-1-2-8-16-15/h1-8,11-12H,9-10H2. The van der Waals surface area contributed by atoms with E-state index in [1.165, 1.54) is 5.69 Å². The second kappa shape index (κ2) is 4.61. The molecule has 1 fully saturated rings. The first-order valence-corrected chi connectivity index (χ1v) is 6.08. The summed E-state index contributed by atoms with van der Waals surface area (Å²) in [5.41, 5.74) is 3.28. The first-order valence-electron chi connectivity index (χ1n) is 6.08. The fourth-order valence-electron chi connectivity index (χ4n) is 2.19. The molecule has 0 saturated carbocycles. The number of rotatable bonds is 3. The van der Waals surface area contributed by atoms with Crippen LogP contribution in [-0.2, 0) is 4.79 Å². The van der Waals surface area contributed by atoms with Gasteiger partial charge in [0.2, 0.25) is 0 Å².